The third kappa shape index (κ3) is 4.12. The van der Waals surface area contributed by atoms with E-state index < -0.39 is 17.4 Å². The molecule has 3 rings (SSSR count). The number of halogens is 3. The van der Waals surface area contributed by atoms with Crippen molar-refractivity contribution in [2.45, 2.75) is 0 Å². The summed E-state index contributed by atoms with van der Waals surface area (Å²) in [7, 11) is 2.97. The summed E-state index contributed by atoms with van der Waals surface area (Å²) in [5.41, 5.74) is 0.648. The lowest BCUT2D eigenvalue weighted by molar-refractivity contribution is 0.103. The molecule has 0 aliphatic carbocycles. The lowest BCUT2D eigenvalue weighted by Gasteiger charge is -2.10. The molecular weight excluding hydrogens is 436 g/mol. The highest BCUT2D eigenvalue weighted by Crippen LogP contribution is 2.30. The molecule has 144 valence electrons. The van der Waals surface area contributed by atoms with E-state index in [-0.39, 0.29) is 21.7 Å². The largest absolute Gasteiger partial charge is 0.493 e. The van der Waals surface area contributed by atoms with Crippen molar-refractivity contribution in [1.82, 2.24) is 4.98 Å². The summed E-state index contributed by atoms with van der Waals surface area (Å²) < 4.78 is 43.5. The Morgan fingerprint density at radius 1 is 0.929 bits per heavy atom. The number of aromatic nitrogens is 1. The molecule has 0 fully saturated rings. The van der Waals surface area contributed by atoms with Crippen LogP contribution in [0.15, 0.2) is 53.1 Å². The average molecular weight is 450 g/mol. The maximum absolute atomic E-state index is 13.9. The SMILES string of the molecule is COc1ccc(C(=O)c2ccc(Oc3c(F)cc(Br)cc3F)nc2)cc1OC. The minimum absolute atomic E-state index is 0.0519. The zero-order valence-corrected chi connectivity index (χ0v) is 16.4. The molecule has 0 amide bonds. The van der Waals surface area contributed by atoms with E-state index in [0.717, 1.165) is 12.1 Å². The lowest BCUT2D eigenvalue weighted by Crippen LogP contribution is -2.03. The maximum Gasteiger partial charge on any atom is 0.219 e. The molecule has 1 heterocycles. The summed E-state index contributed by atoms with van der Waals surface area (Å²) in [6, 6.07) is 9.74. The van der Waals surface area contributed by atoms with Crippen molar-refractivity contribution >= 4 is 21.7 Å². The van der Waals surface area contributed by atoms with Crippen LogP contribution in [-0.4, -0.2) is 25.0 Å². The highest BCUT2D eigenvalue weighted by Gasteiger charge is 2.16. The van der Waals surface area contributed by atoms with Crippen LogP contribution >= 0.6 is 15.9 Å². The first-order valence-electron chi connectivity index (χ1n) is 7.98. The van der Waals surface area contributed by atoms with Crippen molar-refractivity contribution in [3.05, 3.63) is 75.9 Å². The van der Waals surface area contributed by atoms with Crippen LogP contribution in [0.3, 0.4) is 0 Å². The van der Waals surface area contributed by atoms with Crippen molar-refractivity contribution in [3.63, 3.8) is 0 Å². The third-order valence-electron chi connectivity index (χ3n) is 3.81. The van der Waals surface area contributed by atoms with Gasteiger partial charge in [0.15, 0.2) is 28.9 Å². The summed E-state index contributed by atoms with van der Waals surface area (Å²) in [5.74, 6) is -1.76. The van der Waals surface area contributed by atoms with Gasteiger partial charge in [-0.2, -0.15) is 0 Å². The molecule has 0 saturated heterocycles. The van der Waals surface area contributed by atoms with Gasteiger partial charge in [-0.15, -0.1) is 0 Å². The number of methoxy groups -OCH3 is 2. The number of hydrogen-bond acceptors (Lipinski definition) is 5. The Labute approximate surface area is 168 Å². The molecule has 0 aliphatic heterocycles. The molecule has 0 aliphatic rings. The second kappa shape index (κ2) is 8.35. The van der Waals surface area contributed by atoms with Crippen molar-refractivity contribution in [1.29, 1.82) is 0 Å². The normalized spacial score (nSPS) is 10.5. The topological polar surface area (TPSA) is 57.7 Å². The van der Waals surface area contributed by atoms with E-state index in [9.17, 15) is 13.6 Å². The molecule has 28 heavy (non-hydrogen) atoms. The number of carbonyl (C=O) groups excluding carboxylic acids is 1. The monoisotopic (exact) mass is 449 g/mol. The molecule has 0 bridgehead atoms. The van der Waals surface area contributed by atoms with Gasteiger partial charge in [-0.1, -0.05) is 15.9 Å². The van der Waals surface area contributed by atoms with Gasteiger partial charge in [0.25, 0.3) is 0 Å². The van der Waals surface area contributed by atoms with Crippen LogP contribution in [0.4, 0.5) is 8.78 Å². The van der Waals surface area contributed by atoms with Gasteiger partial charge in [-0.05, 0) is 36.4 Å². The number of carbonyl (C=O) groups is 1. The van der Waals surface area contributed by atoms with Gasteiger partial charge in [0.2, 0.25) is 11.6 Å². The van der Waals surface area contributed by atoms with Crippen molar-refractivity contribution < 1.29 is 27.8 Å². The van der Waals surface area contributed by atoms with Gasteiger partial charge in [0.05, 0.1) is 14.2 Å². The fourth-order valence-corrected chi connectivity index (χ4v) is 2.85. The lowest BCUT2D eigenvalue weighted by atomic mass is 10.0. The molecule has 0 atom stereocenters. The quantitative estimate of drug-likeness (QED) is 0.486. The minimum atomic E-state index is -0.876. The van der Waals surface area contributed by atoms with E-state index in [2.05, 4.69) is 20.9 Å². The highest BCUT2D eigenvalue weighted by atomic mass is 79.9. The van der Waals surface area contributed by atoms with Gasteiger partial charge < -0.3 is 14.2 Å². The van der Waals surface area contributed by atoms with Gasteiger partial charge in [-0.25, -0.2) is 13.8 Å². The molecule has 8 heteroatoms. The molecule has 0 spiro atoms. The van der Waals surface area contributed by atoms with E-state index in [0.29, 0.717) is 17.1 Å². The van der Waals surface area contributed by atoms with Crippen LogP contribution in [0.1, 0.15) is 15.9 Å². The van der Waals surface area contributed by atoms with E-state index in [1.54, 1.807) is 18.2 Å². The second-order valence-corrected chi connectivity index (χ2v) is 6.50. The van der Waals surface area contributed by atoms with Crippen LogP contribution in [0.5, 0.6) is 23.1 Å². The molecule has 0 saturated carbocycles. The first-order valence-corrected chi connectivity index (χ1v) is 8.77. The Balaban J connectivity index is 1.82. The van der Waals surface area contributed by atoms with E-state index in [1.165, 1.54) is 32.5 Å². The van der Waals surface area contributed by atoms with E-state index in [1.807, 2.05) is 0 Å². The number of benzene rings is 2. The van der Waals surface area contributed by atoms with E-state index >= 15 is 0 Å². The van der Waals surface area contributed by atoms with Gasteiger partial charge in [-0.3, -0.25) is 4.79 Å². The van der Waals surface area contributed by atoms with Crippen LogP contribution in [0.25, 0.3) is 0 Å². The van der Waals surface area contributed by atoms with Gasteiger partial charge in [0.1, 0.15) is 0 Å². The van der Waals surface area contributed by atoms with Crippen LogP contribution in [-0.2, 0) is 0 Å². The van der Waals surface area contributed by atoms with Gasteiger partial charge >= 0.3 is 0 Å². The Morgan fingerprint density at radius 3 is 2.14 bits per heavy atom. The zero-order chi connectivity index (χ0) is 20.3. The summed E-state index contributed by atoms with van der Waals surface area (Å²) in [6.07, 6.45) is 1.27. The van der Waals surface area contributed by atoms with E-state index in [4.69, 9.17) is 14.2 Å². The van der Waals surface area contributed by atoms with Crippen molar-refractivity contribution in [2.75, 3.05) is 14.2 Å². The summed E-state index contributed by atoms with van der Waals surface area (Å²) in [6.45, 7) is 0. The Hall–Kier alpha value is -3.00. The fraction of sp³-hybridized carbons (Fsp3) is 0.100. The zero-order valence-electron chi connectivity index (χ0n) is 14.8. The molecule has 1 aromatic heterocycles. The van der Waals surface area contributed by atoms with Crippen LogP contribution in [0, 0.1) is 11.6 Å². The Kier molecular flexibility index (Phi) is 5.89. The molecular formula is C20H14BrF2NO4. The number of ether oxygens (including phenoxy) is 3. The predicted octanol–water partition coefficient (Wildman–Crippen LogP) is 5.16. The molecule has 3 aromatic rings. The molecule has 5 nitrogen and oxygen atoms in total. The van der Waals surface area contributed by atoms with Gasteiger partial charge in [0, 0.05) is 27.9 Å². The Bertz CT molecular complexity index is 1000. The summed E-state index contributed by atoms with van der Waals surface area (Å²) in [5, 5.41) is 0. The first kappa shape index (κ1) is 19.8. The number of hydrogen-bond donors (Lipinski definition) is 0. The number of nitrogens with zero attached hydrogens (tertiary/aromatic N) is 1. The number of ketones is 1. The number of pyridine rings is 1. The first-order chi connectivity index (χ1) is 13.4. The molecule has 2 aromatic carbocycles. The average Bonchev–Trinajstić information content (AvgIpc) is 2.70. The number of rotatable bonds is 6. The summed E-state index contributed by atoms with van der Waals surface area (Å²) >= 11 is 2.99. The third-order valence-corrected chi connectivity index (χ3v) is 4.27. The molecule has 0 N–H and O–H groups in total. The maximum atomic E-state index is 13.9. The minimum Gasteiger partial charge on any atom is -0.493 e. The smallest absolute Gasteiger partial charge is 0.219 e. The fourth-order valence-electron chi connectivity index (χ4n) is 2.45. The van der Waals surface area contributed by atoms with Crippen LogP contribution in [0.2, 0.25) is 0 Å². The molecule has 0 unspecified atom stereocenters. The highest BCUT2D eigenvalue weighted by molar-refractivity contribution is 9.10. The van der Waals surface area contributed by atoms with Crippen molar-refractivity contribution in [2.24, 2.45) is 0 Å². The van der Waals surface area contributed by atoms with Crippen LogP contribution < -0.4 is 14.2 Å². The predicted molar refractivity (Wildman–Crippen MR) is 101 cm³/mol. The Morgan fingerprint density at radius 2 is 1.57 bits per heavy atom. The standard InChI is InChI=1S/C20H14BrF2NO4/c1-26-16-5-3-11(7-17(16)27-2)19(25)12-4-6-18(24-10-12)28-20-14(22)8-13(21)9-15(20)23/h3-10H,1-2H3. The van der Waals surface area contributed by atoms with Crippen molar-refractivity contribution in [3.8, 4) is 23.1 Å². The molecule has 0 radical (unpaired) electrons. The second-order valence-electron chi connectivity index (χ2n) is 5.58. The summed E-state index contributed by atoms with van der Waals surface area (Å²) in [4.78, 5) is 16.6.